The highest BCUT2D eigenvalue weighted by Gasteiger charge is 2.27. The molecule has 2 heterocycles. The maximum Gasteiger partial charge on any atom is 0.265 e. The largest absolute Gasteiger partial charge is 0.482 e. The molecule has 2 aliphatic heterocycles. The SMILES string of the molecule is CC(=O)c1ccc2c(c1)N(Cc1ccc(C(=O)N3CCN(c4cccc(Cl)c4)CC3)cc1)C(=O)CO2. The van der Waals surface area contributed by atoms with E-state index < -0.39 is 0 Å². The fraction of sp³-hybridized carbons (Fsp3) is 0.250. The van der Waals surface area contributed by atoms with Crippen molar-refractivity contribution < 1.29 is 19.1 Å². The molecule has 7 nitrogen and oxygen atoms in total. The molecule has 0 atom stereocenters. The number of anilines is 2. The highest BCUT2D eigenvalue weighted by atomic mass is 35.5. The van der Waals surface area contributed by atoms with Gasteiger partial charge < -0.3 is 19.4 Å². The quantitative estimate of drug-likeness (QED) is 0.482. The third kappa shape index (κ3) is 4.93. The number of Topliss-reactive ketones (excluding diaryl/α,β-unsaturated/α-hetero) is 1. The summed E-state index contributed by atoms with van der Waals surface area (Å²) in [4.78, 5) is 43.2. The number of amides is 2. The second-order valence-corrected chi connectivity index (χ2v) is 9.40. The van der Waals surface area contributed by atoms with Crippen LogP contribution >= 0.6 is 11.6 Å². The van der Waals surface area contributed by atoms with E-state index in [1.807, 2.05) is 41.3 Å². The van der Waals surface area contributed by atoms with E-state index in [4.69, 9.17) is 16.3 Å². The van der Waals surface area contributed by atoms with Crippen LogP contribution in [0.15, 0.2) is 66.7 Å². The number of rotatable bonds is 5. The average Bonchev–Trinajstić information content (AvgIpc) is 2.90. The van der Waals surface area contributed by atoms with Crippen LogP contribution < -0.4 is 14.5 Å². The summed E-state index contributed by atoms with van der Waals surface area (Å²) < 4.78 is 5.54. The van der Waals surface area contributed by atoms with Crippen molar-refractivity contribution in [2.45, 2.75) is 13.5 Å². The number of benzene rings is 3. The molecule has 0 spiro atoms. The van der Waals surface area contributed by atoms with Crippen LogP contribution in [0.5, 0.6) is 5.75 Å². The molecule has 0 bridgehead atoms. The predicted octanol–water partition coefficient (Wildman–Crippen LogP) is 4.43. The molecule has 3 aromatic carbocycles. The highest BCUT2D eigenvalue weighted by molar-refractivity contribution is 6.30. The van der Waals surface area contributed by atoms with Crippen molar-refractivity contribution in [2.75, 3.05) is 42.6 Å². The molecule has 0 radical (unpaired) electrons. The molecule has 0 unspecified atom stereocenters. The summed E-state index contributed by atoms with van der Waals surface area (Å²) in [6.45, 7) is 4.50. The molecule has 8 heteroatoms. The van der Waals surface area contributed by atoms with Crippen LogP contribution in [0.3, 0.4) is 0 Å². The maximum atomic E-state index is 13.1. The maximum absolute atomic E-state index is 13.1. The smallest absolute Gasteiger partial charge is 0.265 e. The van der Waals surface area contributed by atoms with E-state index in [0.29, 0.717) is 47.2 Å². The van der Waals surface area contributed by atoms with Crippen molar-refractivity contribution >= 4 is 40.6 Å². The molecule has 2 amide bonds. The first-order valence-electron chi connectivity index (χ1n) is 11.9. The Kier molecular flexibility index (Phi) is 6.65. The molecule has 36 heavy (non-hydrogen) atoms. The molecule has 3 aromatic rings. The number of fused-ring (bicyclic) bond motifs is 1. The number of nitrogens with zero attached hydrogens (tertiary/aromatic N) is 3. The van der Waals surface area contributed by atoms with Crippen LogP contribution in [-0.2, 0) is 11.3 Å². The predicted molar refractivity (Wildman–Crippen MR) is 139 cm³/mol. The van der Waals surface area contributed by atoms with E-state index in [0.717, 1.165) is 24.3 Å². The lowest BCUT2D eigenvalue weighted by Crippen LogP contribution is -2.48. The van der Waals surface area contributed by atoms with Gasteiger partial charge in [0.25, 0.3) is 11.8 Å². The molecule has 1 saturated heterocycles. The van der Waals surface area contributed by atoms with Crippen molar-refractivity contribution in [3.8, 4) is 5.75 Å². The van der Waals surface area contributed by atoms with Gasteiger partial charge in [-0.3, -0.25) is 14.4 Å². The van der Waals surface area contributed by atoms with Gasteiger partial charge in [-0.05, 0) is 61.0 Å². The van der Waals surface area contributed by atoms with E-state index >= 15 is 0 Å². The highest BCUT2D eigenvalue weighted by Crippen LogP contribution is 2.34. The Morgan fingerprint density at radius 3 is 2.33 bits per heavy atom. The summed E-state index contributed by atoms with van der Waals surface area (Å²) >= 11 is 6.12. The molecule has 184 valence electrons. The minimum atomic E-state index is -0.180. The zero-order chi connectivity index (χ0) is 25.2. The number of ether oxygens (including phenoxy) is 1. The summed E-state index contributed by atoms with van der Waals surface area (Å²) in [6, 6.07) is 20.2. The van der Waals surface area contributed by atoms with E-state index in [-0.39, 0.29) is 24.2 Å². The van der Waals surface area contributed by atoms with Gasteiger partial charge in [0.05, 0.1) is 12.2 Å². The number of carbonyl (C=O) groups excluding carboxylic acids is 3. The van der Waals surface area contributed by atoms with Crippen LogP contribution in [-0.4, -0.2) is 55.3 Å². The Balaban J connectivity index is 1.25. The number of ketones is 1. The van der Waals surface area contributed by atoms with Crippen LogP contribution in [0.2, 0.25) is 5.02 Å². The first-order chi connectivity index (χ1) is 17.4. The van der Waals surface area contributed by atoms with Gasteiger partial charge in [0.2, 0.25) is 0 Å². The summed E-state index contributed by atoms with van der Waals surface area (Å²) in [5.74, 6) is 0.308. The van der Waals surface area contributed by atoms with Crippen LogP contribution in [0.25, 0.3) is 0 Å². The summed E-state index contributed by atoms with van der Waals surface area (Å²) in [6.07, 6.45) is 0. The first kappa shape index (κ1) is 23.9. The summed E-state index contributed by atoms with van der Waals surface area (Å²) in [5.41, 5.74) is 3.66. The van der Waals surface area contributed by atoms with E-state index in [2.05, 4.69) is 4.90 Å². The number of carbonyl (C=O) groups is 3. The Labute approximate surface area is 214 Å². The van der Waals surface area contributed by atoms with E-state index in [9.17, 15) is 14.4 Å². The van der Waals surface area contributed by atoms with Crippen LogP contribution in [0.4, 0.5) is 11.4 Å². The molecule has 0 saturated carbocycles. The number of halogens is 1. The van der Waals surface area contributed by atoms with Crippen molar-refractivity contribution in [2.24, 2.45) is 0 Å². The van der Waals surface area contributed by atoms with Gasteiger partial charge >= 0.3 is 0 Å². The third-order valence-corrected chi connectivity index (χ3v) is 6.83. The van der Waals surface area contributed by atoms with E-state index in [1.165, 1.54) is 6.92 Å². The molecule has 0 N–H and O–H groups in total. The second kappa shape index (κ2) is 10.0. The van der Waals surface area contributed by atoms with Crippen molar-refractivity contribution in [3.05, 3.63) is 88.4 Å². The zero-order valence-corrected chi connectivity index (χ0v) is 20.7. The van der Waals surface area contributed by atoms with Gasteiger partial charge in [-0.15, -0.1) is 0 Å². The van der Waals surface area contributed by atoms with Gasteiger partial charge in [0.15, 0.2) is 12.4 Å². The fourth-order valence-electron chi connectivity index (χ4n) is 4.55. The molecule has 5 rings (SSSR count). The molecule has 0 aromatic heterocycles. The molecular weight excluding hydrogens is 478 g/mol. The topological polar surface area (TPSA) is 70.2 Å². The number of hydrogen-bond acceptors (Lipinski definition) is 5. The number of hydrogen-bond donors (Lipinski definition) is 0. The summed E-state index contributed by atoms with van der Waals surface area (Å²) in [5, 5.41) is 0.702. The van der Waals surface area contributed by atoms with Gasteiger partial charge in [-0.2, -0.15) is 0 Å². The van der Waals surface area contributed by atoms with Gasteiger partial charge in [-0.25, -0.2) is 0 Å². The number of piperazine rings is 1. The monoisotopic (exact) mass is 503 g/mol. The van der Waals surface area contributed by atoms with Gasteiger partial charge in [-0.1, -0.05) is 29.8 Å². The second-order valence-electron chi connectivity index (χ2n) is 8.96. The van der Waals surface area contributed by atoms with Crippen molar-refractivity contribution in [1.82, 2.24) is 4.90 Å². The van der Waals surface area contributed by atoms with Crippen molar-refractivity contribution in [3.63, 3.8) is 0 Å². The first-order valence-corrected chi connectivity index (χ1v) is 12.2. The standard InChI is InChI=1S/C28H26ClN3O4/c1-19(33)22-9-10-26-25(15-22)32(27(34)18-36-26)17-20-5-7-21(8-6-20)28(35)31-13-11-30(12-14-31)24-4-2-3-23(29)16-24/h2-10,15-16H,11-14,17-18H2,1H3. The van der Waals surface area contributed by atoms with Gasteiger partial charge in [0, 0.05) is 48.0 Å². The lowest BCUT2D eigenvalue weighted by molar-refractivity contribution is -0.121. The van der Waals surface area contributed by atoms with E-state index in [1.54, 1.807) is 35.2 Å². The van der Waals surface area contributed by atoms with Gasteiger partial charge in [0.1, 0.15) is 5.75 Å². The zero-order valence-electron chi connectivity index (χ0n) is 19.9. The normalized spacial score (nSPS) is 15.4. The molecule has 1 fully saturated rings. The lowest BCUT2D eigenvalue weighted by atomic mass is 10.1. The third-order valence-electron chi connectivity index (χ3n) is 6.59. The Morgan fingerprint density at radius 1 is 0.917 bits per heavy atom. The molecule has 0 aliphatic carbocycles. The molecule has 2 aliphatic rings. The minimum Gasteiger partial charge on any atom is -0.482 e. The van der Waals surface area contributed by atoms with Crippen LogP contribution in [0, 0.1) is 0 Å². The molecular formula is C28H26ClN3O4. The van der Waals surface area contributed by atoms with Crippen molar-refractivity contribution in [1.29, 1.82) is 0 Å². The summed E-state index contributed by atoms with van der Waals surface area (Å²) in [7, 11) is 0. The Morgan fingerprint density at radius 2 is 1.64 bits per heavy atom. The Bertz CT molecular complexity index is 1320. The lowest BCUT2D eigenvalue weighted by Gasteiger charge is -2.36. The average molecular weight is 504 g/mol. The minimum absolute atomic E-state index is 0.00816. The fourth-order valence-corrected chi connectivity index (χ4v) is 4.74. The van der Waals surface area contributed by atoms with Crippen LogP contribution in [0.1, 0.15) is 33.2 Å². The Hall–Kier alpha value is -3.84.